The fourth-order valence-corrected chi connectivity index (χ4v) is 2.65. The maximum atomic E-state index is 5.71. The lowest BCUT2D eigenvalue weighted by Crippen LogP contribution is -3.08. The van der Waals surface area contributed by atoms with Crippen molar-refractivity contribution >= 4 is 0 Å². The Bertz CT molecular complexity index is 548. The minimum absolute atomic E-state index is 0.293. The van der Waals surface area contributed by atoms with Crippen molar-refractivity contribution < 1.29 is 14.6 Å². The predicted octanol–water partition coefficient (Wildman–Crippen LogP) is -0.0293. The maximum Gasteiger partial charge on any atom is 0.271 e. The van der Waals surface area contributed by atoms with Gasteiger partial charge >= 0.3 is 0 Å². The van der Waals surface area contributed by atoms with Crippen LogP contribution in [0, 0.1) is 5.41 Å². The molecule has 0 fully saturated rings. The summed E-state index contributed by atoms with van der Waals surface area (Å²) in [6.45, 7) is 7.50. The highest BCUT2D eigenvalue weighted by atomic mass is 16.4. The summed E-state index contributed by atoms with van der Waals surface area (Å²) in [5, 5.41) is 10.5. The van der Waals surface area contributed by atoms with Gasteiger partial charge in [-0.05, 0) is 26.0 Å². The molecule has 2 aromatic rings. The molecule has 0 atom stereocenters. The largest absolute Gasteiger partial charge is 0.415 e. The van der Waals surface area contributed by atoms with Gasteiger partial charge in [-0.25, -0.2) is 0 Å². The molecule has 0 aliphatic heterocycles. The normalized spacial score (nSPS) is 12.0. The molecule has 0 unspecified atom stereocenters. The van der Waals surface area contributed by atoms with E-state index >= 15 is 0 Å². The third-order valence-corrected chi connectivity index (χ3v) is 3.34. The van der Waals surface area contributed by atoms with E-state index in [0.717, 1.165) is 25.2 Å². The summed E-state index contributed by atoms with van der Waals surface area (Å²) in [5.41, 5.74) is 1.26. The van der Waals surface area contributed by atoms with Gasteiger partial charge in [-0.1, -0.05) is 18.2 Å². The van der Waals surface area contributed by atoms with Crippen LogP contribution in [0.15, 0.2) is 34.7 Å². The summed E-state index contributed by atoms with van der Waals surface area (Å²) in [6.07, 6.45) is 0. The van der Waals surface area contributed by atoms with Crippen molar-refractivity contribution in [2.75, 3.05) is 27.2 Å². The molecule has 0 saturated heterocycles. The van der Waals surface area contributed by atoms with Crippen LogP contribution in [0.1, 0.15) is 19.7 Å². The average Bonchev–Trinajstić information content (AvgIpc) is 2.87. The minimum atomic E-state index is 0.293. The fourth-order valence-electron chi connectivity index (χ4n) is 2.65. The summed E-state index contributed by atoms with van der Waals surface area (Å²) >= 11 is 0. The molecular formula is C16H26N4O+2. The molecule has 1 aromatic heterocycles. The first kappa shape index (κ1) is 15.7. The molecule has 2 rings (SSSR count). The van der Waals surface area contributed by atoms with Gasteiger partial charge in [-0.15, -0.1) is 10.2 Å². The number of aromatic nitrogens is 2. The Kier molecular flexibility index (Phi) is 5.09. The predicted molar refractivity (Wildman–Crippen MR) is 81.7 cm³/mol. The number of nitrogens with one attached hydrogen (secondary N) is 1. The topological polar surface area (TPSA) is 60.0 Å². The van der Waals surface area contributed by atoms with Crippen molar-refractivity contribution in [2.24, 2.45) is 5.41 Å². The molecule has 0 saturated carbocycles. The molecular weight excluding hydrogens is 264 g/mol. The van der Waals surface area contributed by atoms with Crippen LogP contribution in [0.25, 0.3) is 11.5 Å². The second-order valence-electron chi connectivity index (χ2n) is 6.61. The Balaban J connectivity index is 1.86. The van der Waals surface area contributed by atoms with Crippen LogP contribution in [0.4, 0.5) is 0 Å². The van der Waals surface area contributed by atoms with Gasteiger partial charge in [-0.3, -0.25) is 0 Å². The second kappa shape index (κ2) is 6.83. The van der Waals surface area contributed by atoms with Gasteiger partial charge in [0.15, 0.2) is 6.54 Å². The van der Waals surface area contributed by atoms with E-state index in [2.05, 4.69) is 43.5 Å². The molecule has 1 heterocycles. The lowest BCUT2D eigenvalue weighted by atomic mass is 9.93. The average molecular weight is 290 g/mol. The van der Waals surface area contributed by atoms with Gasteiger partial charge in [0.1, 0.15) is 0 Å². The van der Waals surface area contributed by atoms with Crippen molar-refractivity contribution in [3.63, 3.8) is 0 Å². The molecule has 5 heteroatoms. The van der Waals surface area contributed by atoms with E-state index in [-0.39, 0.29) is 0 Å². The van der Waals surface area contributed by atoms with Crippen molar-refractivity contribution in [1.82, 2.24) is 10.2 Å². The Hall–Kier alpha value is -1.72. The molecule has 0 amide bonds. The molecule has 3 N–H and O–H groups in total. The van der Waals surface area contributed by atoms with E-state index in [1.54, 1.807) is 0 Å². The summed E-state index contributed by atoms with van der Waals surface area (Å²) in [5.74, 6) is 1.28. The van der Waals surface area contributed by atoms with Gasteiger partial charge in [0.05, 0.1) is 32.6 Å². The van der Waals surface area contributed by atoms with E-state index in [1.165, 1.54) is 4.90 Å². The third kappa shape index (κ3) is 4.95. The molecule has 114 valence electrons. The Morgan fingerprint density at radius 3 is 2.52 bits per heavy atom. The van der Waals surface area contributed by atoms with Gasteiger partial charge in [-0.2, -0.15) is 0 Å². The SMILES string of the molecule is C[NH+](C)CC(C)(C)C[NH2+]Cc1nnc(-c2ccccc2)o1. The van der Waals surface area contributed by atoms with Gasteiger partial charge < -0.3 is 14.6 Å². The zero-order chi connectivity index (χ0) is 15.3. The molecule has 0 spiro atoms. The van der Waals surface area contributed by atoms with Crippen LogP contribution < -0.4 is 10.2 Å². The zero-order valence-electron chi connectivity index (χ0n) is 13.4. The van der Waals surface area contributed by atoms with E-state index in [0.29, 0.717) is 17.2 Å². The minimum Gasteiger partial charge on any atom is -0.415 e. The number of hydrogen-bond donors (Lipinski definition) is 2. The van der Waals surface area contributed by atoms with Crippen molar-refractivity contribution in [3.8, 4) is 11.5 Å². The lowest BCUT2D eigenvalue weighted by Gasteiger charge is -2.23. The maximum absolute atomic E-state index is 5.71. The van der Waals surface area contributed by atoms with E-state index < -0.39 is 0 Å². The number of rotatable bonds is 7. The highest BCUT2D eigenvalue weighted by molar-refractivity contribution is 5.51. The van der Waals surface area contributed by atoms with Crippen LogP contribution in [0.2, 0.25) is 0 Å². The third-order valence-electron chi connectivity index (χ3n) is 3.34. The fraction of sp³-hybridized carbons (Fsp3) is 0.500. The summed E-state index contributed by atoms with van der Waals surface area (Å²) in [6, 6.07) is 9.87. The quantitative estimate of drug-likeness (QED) is 0.753. The van der Waals surface area contributed by atoms with Crippen molar-refractivity contribution in [3.05, 3.63) is 36.2 Å². The van der Waals surface area contributed by atoms with E-state index in [4.69, 9.17) is 4.42 Å². The van der Waals surface area contributed by atoms with Crippen LogP contribution in [-0.4, -0.2) is 37.4 Å². The van der Waals surface area contributed by atoms with E-state index in [1.807, 2.05) is 30.3 Å². The van der Waals surface area contributed by atoms with E-state index in [9.17, 15) is 0 Å². The molecule has 0 aliphatic rings. The Morgan fingerprint density at radius 1 is 1.14 bits per heavy atom. The first-order valence-corrected chi connectivity index (χ1v) is 7.45. The molecule has 0 radical (unpaired) electrons. The summed E-state index contributed by atoms with van der Waals surface area (Å²) < 4.78 is 5.71. The molecule has 0 aliphatic carbocycles. The summed E-state index contributed by atoms with van der Waals surface area (Å²) in [4.78, 5) is 1.47. The molecule has 5 nitrogen and oxygen atoms in total. The van der Waals surface area contributed by atoms with Crippen LogP contribution >= 0.6 is 0 Å². The number of nitrogens with two attached hydrogens (primary N) is 1. The number of hydrogen-bond acceptors (Lipinski definition) is 3. The highest BCUT2D eigenvalue weighted by Crippen LogP contribution is 2.16. The zero-order valence-corrected chi connectivity index (χ0v) is 13.4. The van der Waals surface area contributed by atoms with Crippen LogP contribution in [0.5, 0.6) is 0 Å². The Morgan fingerprint density at radius 2 is 1.86 bits per heavy atom. The Labute approximate surface area is 126 Å². The van der Waals surface area contributed by atoms with Crippen molar-refractivity contribution in [2.45, 2.75) is 20.4 Å². The first-order chi connectivity index (χ1) is 9.96. The smallest absolute Gasteiger partial charge is 0.271 e. The van der Waals surface area contributed by atoms with Crippen LogP contribution in [0.3, 0.4) is 0 Å². The number of nitrogens with zero attached hydrogens (tertiary/aromatic N) is 2. The van der Waals surface area contributed by atoms with Crippen LogP contribution in [-0.2, 0) is 6.54 Å². The summed E-state index contributed by atoms with van der Waals surface area (Å²) in [7, 11) is 4.37. The molecule has 21 heavy (non-hydrogen) atoms. The van der Waals surface area contributed by atoms with Gasteiger partial charge in [0.25, 0.3) is 5.89 Å². The standard InChI is InChI=1S/C16H24N4O/c1-16(2,12-20(3)4)11-17-10-14-18-19-15(21-14)13-8-6-5-7-9-13/h5-9,17H,10-12H2,1-4H3/p+2. The number of quaternary nitrogens is 2. The molecule has 1 aromatic carbocycles. The van der Waals surface area contributed by atoms with Crippen molar-refractivity contribution in [1.29, 1.82) is 0 Å². The second-order valence-corrected chi connectivity index (χ2v) is 6.61. The van der Waals surface area contributed by atoms with Gasteiger partial charge in [0, 0.05) is 5.56 Å². The molecule has 0 bridgehead atoms. The van der Waals surface area contributed by atoms with Gasteiger partial charge in [0.2, 0.25) is 5.89 Å². The highest BCUT2D eigenvalue weighted by Gasteiger charge is 2.24. The number of benzene rings is 1. The lowest BCUT2D eigenvalue weighted by molar-refractivity contribution is -0.868. The monoisotopic (exact) mass is 290 g/mol. The first-order valence-electron chi connectivity index (χ1n) is 7.45.